The summed E-state index contributed by atoms with van der Waals surface area (Å²) in [5, 5.41) is 0.707. The molecule has 2 aliphatic heterocycles. The second-order valence-electron chi connectivity index (χ2n) is 7.95. The van der Waals surface area contributed by atoms with Crippen LogP contribution in [-0.2, 0) is 6.54 Å². The molecule has 154 valence electrons. The Balaban J connectivity index is 1.81. The van der Waals surface area contributed by atoms with Crippen molar-refractivity contribution in [2.45, 2.75) is 45.6 Å². The molecule has 1 atom stereocenters. The average molecular weight is 423 g/mol. The molecule has 2 aromatic carbocycles. The highest BCUT2D eigenvalue weighted by molar-refractivity contribution is 6.30. The fraction of sp³-hybridized carbons (Fsp3) is 0.304. The van der Waals surface area contributed by atoms with Crippen molar-refractivity contribution in [3.63, 3.8) is 0 Å². The zero-order chi connectivity index (χ0) is 21.4. The zero-order valence-electron chi connectivity index (χ0n) is 17.1. The summed E-state index contributed by atoms with van der Waals surface area (Å²) in [6.07, 6.45) is 0.801. The number of aryl methyl sites for hydroxylation is 1. The summed E-state index contributed by atoms with van der Waals surface area (Å²) in [5.74, 6) is 0.916. The monoisotopic (exact) mass is 422 g/mol. The molecule has 0 saturated heterocycles. The Morgan fingerprint density at radius 2 is 1.70 bits per heavy atom. The SMILES string of the molecule is CC(C)c1ccc2c(c1)nc1c(=O)[nH]c(=O)nc-1n2CC[C@H](C)c1ccc(Cl)cc1. The molecule has 0 aliphatic carbocycles. The van der Waals surface area contributed by atoms with Gasteiger partial charge in [0.1, 0.15) is 0 Å². The van der Waals surface area contributed by atoms with Gasteiger partial charge >= 0.3 is 5.69 Å². The highest BCUT2D eigenvalue weighted by Gasteiger charge is 2.19. The van der Waals surface area contributed by atoms with E-state index in [4.69, 9.17) is 11.6 Å². The molecule has 0 fully saturated rings. The van der Waals surface area contributed by atoms with Crippen molar-refractivity contribution in [2.24, 2.45) is 0 Å². The first-order valence-electron chi connectivity index (χ1n) is 10.0. The maximum Gasteiger partial charge on any atom is 0.349 e. The van der Waals surface area contributed by atoms with Crippen LogP contribution in [0.4, 0.5) is 0 Å². The third kappa shape index (κ3) is 3.87. The number of nitrogens with zero attached hydrogens (tertiary/aromatic N) is 3. The molecule has 0 radical (unpaired) electrons. The Morgan fingerprint density at radius 1 is 1.00 bits per heavy atom. The summed E-state index contributed by atoms with van der Waals surface area (Å²) in [4.78, 5) is 35.2. The summed E-state index contributed by atoms with van der Waals surface area (Å²) in [6, 6.07) is 13.9. The molecule has 30 heavy (non-hydrogen) atoms. The van der Waals surface area contributed by atoms with Crippen LogP contribution in [0.15, 0.2) is 52.1 Å². The van der Waals surface area contributed by atoms with E-state index in [0.29, 0.717) is 23.3 Å². The van der Waals surface area contributed by atoms with Crippen molar-refractivity contribution in [3.05, 3.63) is 79.5 Å². The van der Waals surface area contributed by atoms with Gasteiger partial charge in [0.05, 0.1) is 11.0 Å². The third-order valence-electron chi connectivity index (χ3n) is 5.52. The molecule has 0 spiro atoms. The van der Waals surface area contributed by atoms with Gasteiger partial charge < -0.3 is 4.57 Å². The van der Waals surface area contributed by atoms with Gasteiger partial charge in [-0.15, -0.1) is 0 Å². The Labute approximate surface area is 178 Å². The van der Waals surface area contributed by atoms with E-state index < -0.39 is 11.2 Å². The molecule has 0 unspecified atom stereocenters. The minimum Gasteiger partial charge on any atom is -0.322 e. The van der Waals surface area contributed by atoms with Crippen molar-refractivity contribution in [2.75, 3.05) is 0 Å². The van der Waals surface area contributed by atoms with Gasteiger partial charge in [0, 0.05) is 11.6 Å². The van der Waals surface area contributed by atoms with E-state index in [1.807, 2.05) is 41.0 Å². The minimum atomic E-state index is -0.660. The molecular formula is C23H23ClN4O2. The van der Waals surface area contributed by atoms with Crippen LogP contribution in [0.25, 0.3) is 22.6 Å². The number of rotatable bonds is 5. The van der Waals surface area contributed by atoms with Gasteiger partial charge in [0.25, 0.3) is 5.56 Å². The van der Waals surface area contributed by atoms with E-state index in [1.165, 1.54) is 5.56 Å². The van der Waals surface area contributed by atoms with E-state index in [1.54, 1.807) is 0 Å². The molecule has 1 N–H and O–H groups in total. The summed E-state index contributed by atoms with van der Waals surface area (Å²) in [5.41, 5.74) is 2.90. The van der Waals surface area contributed by atoms with Gasteiger partial charge in [0.15, 0.2) is 11.5 Å². The van der Waals surface area contributed by atoms with Crippen LogP contribution in [0.5, 0.6) is 0 Å². The largest absolute Gasteiger partial charge is 0.349 e. The summed E-state index contributed by atoms with van der Waals surface area (Å²) >= 11 is 6.00. The number of fused-ring (bicyclic) bond motifs is 2. The van der Waals surface area contributed by atoms with Crippen molar-refractivity contribution >= 4 is 22.6 Å². The zero-order valence-corrected chi connectivity index (χ0v) is 17.9. The third-order valence-corrected chi connectivity index (χ3v) is 5.78. The lowest BCUT2D eigenvalue weighted by atomic mass is 9.97. The molecule has 2 aromatic rings. The van der Waals surface area contributed by atoms with Gasteiger partial charge in [-0.25, -0.2) is 9.78 Å². The number of H-pyrrole nitrogens is 1. The van der Waals surface area contributed by atoms with Crippen LogP contribution < -0.4 is 11.2 Å². The lowest BCUT2D eigenvalue weighted by Gasteiger charge is -2.19. The quantitative estimate of drug-likeness (QED) is 0.478. The van der Waals surface area contributed by atoms with E-state index in [0.717, 1.165) is 23.0 Å². The van der Waals surface area contributed by atoms with Gasteiger partial charge in [-0.1, -0.05) is 50.6 Å². The van der Waals surface area contributed by atoms with Crippen molar-refractivity contribution < 1.29 is 0 Å². The van der Waals surface area contributed by atoms with Crippen molar-refractivity contribution in [1.29, 1.82) is 0 Å². The first kappa shape index (κ1) is 20.3. The van der Waals surface area contributed by atoms with Crippen molar-refractivity contribution in [1.82, 2.24) is 19.5 Å². The summed E-state index contributed by atoms with van der Waals surface area (Å²) in [7, 11) is 0. The van der Waals surface area contributed by atoms with Crippen LogP contribution in [0.3, 0.4) is 0 Å². The number of nitrogens with one attached hydrogen (secondary N) is 1. The number of hydrogen-bond acceptors (Lipinski definition) is 4. The fourth-order valence-corrected chi connectivity index (χ4v) is 3.81. The molecule has 0 saturated carbocycles. The van der Waals surface area contributed by atoms with Crippen LogP contribution in [0.1, 0.15) is 50.2 Å². The first-order valence-corrected chi connectivity index (χ1v) is 10.4. The number of aromatic nitrogens is 4. The molecule has 2 heterocycles. The Hall–Kier alpha value is -2.99. The maximum absolute atomic E-state index is 12.4. The van der Waals surface area contributed by atoms with E-state index in [-0.39, 0.29) is 11.6 Å². The van der Waals surface area contributed by atoms with Crippen LogP contribution in [0.2, 0.25) is 5.02 Å². The van der Waals surface area contributed by atoms with E-state index in [9.17, 15) is 9.59 Å². The van der Waals surface area contributed by atoms with Crippen LogP contribution in [0, 0.1) is 0 Å². The maximum atomic E-state index is 12.4. The van der Waals surface area contributed by atoms with Crippen LogP contribution >= 0.6 is 11.6 Å². The molecule has 7 heteroatoms. The predicted octanol–water partition coefficient (Wildman–Crippen LogP) is 4.56. The Morgan fingerprint density at radius 3 is 2.40 bits per heavy atom. The molecule has 4 rings (SSSR count). The lowest BCUT2D eigenvalue weighted by Crippen LogP contribution is -2.29. The number of benzene rings is 2. The summed E-state index contributed by atoms with van der Waals surface area (Å²) in [6.45, 7) is 6.96. The summed E-state index contributed by atoms with van der Waals surface area (Å²) < 4.78 is 1.94. The van der Waals surface area contributed by atoms with E-state index >= 15 is 0 Å². The molecule has 6 nitrogen and oxygen atoms in total. The predicted molar refractivity (Wildman–Crippen MR) is 120 cm³/mol. The number of hydrogen-bond donors (Lipinski definition) is 1. The Kier molecular flexibility index (Phi) is 5.43. The first-order chi connectivity index (χ1) is 14.3. The number of aromatic amines is 1. The lowest BCUT2D eigenvalue weighted by molar-refractivity contribution is 0.582. The molecule has 0 aromatic heterocycles. The highest BCUT2D eigenvalue weighted by Crippen LogP contribution is 2.27. The molecule has 0 amide bonds. The molecular weight excluding hydrogens is 400 g/mol. The van der Waals surface area contributed by atoms with Crippen LogP contribution in [-0.4, -0.2) is 19.5 Å². The highest BCUT2D eigenvalue weighted by atomic mass is 35.5. The normalized spacial score (nSPS) is 12.7. The molecule has 0 bridgehead atoms. The standard InChI is InChI=1S/C23H23ClN4O2/c1-13(2)16-6-9-19-18(12-16)25-20-21(26-23(30)27-22(20)29)28(19)11-10-14(3)15-4-7-17(24)8-5-15/h4-9,12-14H,10-11H2,1-3H3,(H,27,29,30)/t14-/m0/s1. The Bertz CT molecular complexity index is 1290. The number of halogens is 1. The van der Waals surface area contributed by atoms with Gasteiger partial charge in [0.2, 0.25) is 0 Å². The van der Waals surface area contributed by atoms with Crippen molar-refractivity contribution in [3.8, 4) is 11.5 Å². The molecule has 2 aliphatic rings. The fourth-order valence-electron chi connectivity index (χ4n) is 3.68. The second-order valence-corrected chi connectivity index (χ2v) is 8.39. The second kappa shape index (κ2) is 8.03. The van der Waals surface area contributed by atoms with Gasteiger partial charge in [-0.2, -0.15) is 4.98 Å². The minimum absolute atomic E-state index is 0.183. The van der Waals surface area contributed by atoms with Gasteiger partial charge in [-0.05, 0) is 53.6 Å². The van der Waals surface area contributed by atoms with E-state index in [2.05, 4.69) is 41.8 Å². The average Bonchev–Trinajstić information content (AvgIpc) is 2.71. The topological polar surface area (TPSA) is 80.6 Å². The smallest absolute Gasteiger partial charge is 0.322 e. The van der Waals surface area contributed by atoms with Gasteiger partial charge in [-0.3, -0.25) is 9.78 Å².